The number of rotatable bonds is 6. The number of nitro groups is 1. The number of hydrogen-bond donors (Lipinski definition) is 1. The van der Waals surface area contributed by atoms with E-state index in [2.05, 4.69) is 10.3 Å². The Hall–Kier alpha value is -4.20. The number of piperidine rings is 1. The van der Waals surface area contributed by atoms with Crippen LogP contribution in [-0.2, 0) is 24.3 Å². The quantitative estimate of drug-likeness (QED) is 0.268. The lowest BCUT2D eigenvalue weighted by Crippen LogP contribution is -2.60. The third-order valence-corrected chi connectivity index (χ3v) is 7.92. The molecule has 0 bridgehead atoms. The predicted molar refractivity (Wildman–Crippen MR) is 141 cm³/mol. The highest BCUT2D eigenvalue weighted by atomic mass is 32.2. The fourth-order valence-corrected chi connectivity index (χ4v) is 5.84. The molecule has 1 atom stereocenters. The lowest BCUT2D eigenvalue weighted by atomic mass is 9.88. The smallest absolute Gasteiger partial charge is 0.410 e. The van der Waals surface area contributed by atoms with Gasteiger partial charge in [0.15, 0.2) is 11.2 Å². The number of ether oxygens (including phenoxy) is 2. The predicted octanol–water partition coefficient (Wildman–Crippen LogP) is 3.54. The van der Waals surface area contributed by atoms with Crippen molar-refractivity contribution in [3.05, 3.63) is 58.9 Å². The zero-order chi connectivity index (χ0) is 28.6. The number of esters is 1. The van der Waals surface area contributed by atoms with Crippen molar-refractivity contribution >= 4 is 44.5 Å². The van der Waals surface area contributed by atoms with Gasteiger partial charge < -0.3 is 19.7 Å². The van der Waals surface area contributed by atoms with Gasteiger partial charge in [0.05, 0.1) is 28.9 Å². The van der Waals surface area contributed by atoms with Crippen LogP contribution in [0.3, 0.4) is 0 Å². The van der Waals surface area contributed by atoms with Crippen LogP contribution in [0.4, 0.5) is 16.2 Å². The number of anilines is 1. The van der Waals surface area contributed by atoms with Gasteiger partial charge in [0.2, 0.25) is 0 Å². The minimum Gasteiger partial charge on any atom is -0.467 e. The van der Waals surface area contributed by atoms with E-state index in [1.807, 2.05) is 0 Å². The number of nitrogens with zero attached hydrogens (tertiary/aromatic N) is 4. The summed E-state index contributed by atoms with van der Waals surface area (Å²) in [7, 11) is -2.91. The first-order valence-electron chi connectivity index (χ1n) is 12.1. The molecule has 1 aromatic carbocycles. The molecule has 3 aromatic rings. The van der Waals surface area contributed by atoms with Crippen molar-refractivity contribution in [1.82, 2.24) is 13.9 Å². The molecule has 1 fully saturated rings. The molecule has 208 valence electrons. The first kappa shape index (κ1) is 27.8. The SMILES string of the molecule is COC(=O)C1(Nc2c([N+](=O)[O-])cnc3c2ccn3S(=O)(=O)c2ccccc2)CCCN(C(=O)OC(C)(C)C)C1. The lowest BCUT2D eigenvalue weighted by molar-refractivity contribution is -0.384. The highest BCUT2D eigenvalue weighted by Crippen LogP contribution is 2.38. The van der Waals surface area contributed by atoms with E-state index in [0.29, 0.717) is 13.0 Å². The van der Waals surface area contributed by atoms with Crippen molar-refractivity contribution in [3.8, 4) is 0 Å². The van der Waals surface area contributed by atoms with Gasteiger partial charge in [-0.1, -0.05) is 18.2 Å². The summed E-state index contributed by atoms with van der Waals surface area (Å²) in [6.07, 6.45) is 2.08. The summed E-state index contributed by atoms with van der Waals surface area (Å²) >= 11 is 0. The van der Waals surface area contributed by atoms with Gasteiger partial charge in [0.25, 0.3) is 10.0 Å². The second kappa shape index (κ2) is 10.2. The average Bonchev–Trinajstić information content (AvgIpc) is 3.33. The van der Waals surface area contributed by atoms with Crippen molar-refractivity contribution < 1.29 is 32.4 Å². The average molecular weight is 560 g/mol. The van der Waals surface area contributed by atoms with Crippen LogP contribution in [0.1, 0.15) is 33.6 Å². The molecule has 1 N–H and O–H groups in total. The Kier molecular flexibility index (Phi) is 7.25. The lowest BCUT2D eigenvalue weighted by Gasteiger charge is -2.41. The topological polar surface area (TPSA) is 163 Å². The third kappa shape index (κ3) is 5.37. The van der Waals surface area contributed by atoms with E-state index < -0.39 is 43.8 Å². The van der Waals surface area contributed by atoms with Crippen LogP contribution < -0.4 is 5.32 Å². The fraction of sp³-hybridized carbons (Fsp3) is 0.400. The van der Waals surface area contributed by atoms with Gasteiger partial charge >= 0.3 is 17.7 Å². The van der Waals surface area contributed by atoms with Gasteiger partial charge in [-0.3, -0.25) is 10.1 Å². The molecule has 1 aliphatic rings. The van der Waals surface area contributed by atoms with E-state index in [9.17, 15) is 28.1 Å². The number of pyridine rings is 1. The van der Waals surface area contributed by atoms with Crippen LogP contribution in [0.2, 0.25) is 0 Å². The number of nitrogens with one attached hydrogen (secondary N) is 1. The number of amides is 1. The van der Waals surface area contributed by atoms with Gasteiger partial charge in [-0.2, -0.15) is 0 Å². The maximum atomic E-state index is 13.3. The highest BCUT2D eigenvalue weighted by Gasteiger charge is 2.47. The van der Waals surface area contributed by atoms with Gasteiger partial charge in [0, 0.05) is 12.7 Å². The van der Waals surface area contributed by atoms with Gasteiger partial charge in [-0.25, -0.2) is 27.0 Å². The van der Waals surface area contributed by atoms with Crippen LogP contribution in [0.15, 0.2) is 53.7 Å². The second-order valence-electron chi connectivity index (χ2n) is 10.1. The summed E-state index contributed by atoms with van der Waals surface area (Å²) in [5, 5.41) is 15.1. The molecular weight excluding hydrogens is 530 g/mol. The summed E-state index contributed by atoms with van der Waals surface area (Å²) in [5.41, 5.74) is -3.03. The van der Waals surface area contributed by atoms with E-state index in [4.69, 9.17) is 9.47 Å². The van der Waals surface area contributed by atoms with Crippen LogP contribution in [0.5, 0.6) is 0 Å². The van der Waals surface area contributed by atoms with E-state index in [-0.39, 0.29) is 34.6 Å². The summed E-state index contributed by atoms with van der Waals surface area (Å²) in [4.78, 5) is 42.7. The molecule has 39 heavy (non-hydrogen) atoms. The van der Waals surface area contributed by atoms with Crippen molar-refractivity contribution in [3.63, 3.8) is 0 Å². The first-order chi connectivity index (χ1) is 18.3. The van der Waals surface area contributed by atoms with E-state index in [1.165, 1.54) is 36.4 Å². The Balaban J connectivity index is 1.83. The van der Waals surface area contributed by atoms with Gasteiger partial charge in [0.1, 0.15) is 17.5 Å². The Morgan fingerprint density at radius 2 is 1.87 bits per heavy atom. The highest BCUT2D eigenvalue weighted by molar-refractivity contribution is 7.90. The molecule has 3 heterocycles. The fourth-order valence-electron chi connectivity index (χ4n) is 4.51. The summed E-state index contributed by atoms with van der Waals surface area (Å²) in [6.45, 7) is 5.25. The van der Waals surface area contributed by atoms with Gasteiger partial charge in [-0.15, -0.1) is 0 Å². The summed E-state index contributed by atoms with van der Waals surface area (Å²) in [5.74, 6) is -0.744. The largest absolute Gasteiger partial charge is 0.467 e. The zero-order valence-electron chi connectivity index (χ0n) is 21.9. The number of aromatic nitrogens is 2. The zero-order valence-corrected chi connectivity index (χ0v) is 22.7. The number of methoxy groups -OCH3 is 1. The molecule has 2 aromatic heterocycles. The first-order valence-corrected chi connectivity index (χ1v) is 13.5. The van der Waals surface area contributed by atoms with Crippen LogP contribution in [0.25, 0.3) is 11.0 Å². The number of fused-ring (bicyclic) bond motifs is 1. The Bertz CT molecular complexity index is 1530. The number of likely N-dealkylation sites (tertiary alicyclic amines) is 1. The molecule has 0 spiro atoms. The minimum absolute atomic E-state index is 0.00322. The monoisotopic (exact) mass is 559 g/mol. The second-order valence-corrected chi connectivity index (χ2v) is 12.0. The molecule has 1 unspecified atom stereocenters. The van der Waals surface area contributed by atoms with Crippen molar-refractivity contribution in [2.24, 2.45) is 0 Å². The molecule has 1 amide bonds. The minimum atomic E-state index is -4.08. The molecule has 1 saturated heterocycles. The maximum absolute atomic E-state index is 13.3. The van der Waals surface area contributed by atoms with E-state index in [0.717, 1.165) is 10.2 Å². The molecule has 0 aliphatic carbocycles. The molecule has 14 heteroatoms. The Labute approximate surface area is 224 Å². The Morgan fingerprint density at radius 1 is 1.18 bits per heavy atom. The standard InChI is InChI=1S/C25H29N5O8S/c1-24(2,3)38-23(32)28-13-8-12-25(16-28,22(31)37-4)27-20-18-11-14-29(21(18)26-15-19(20)30(33)34)39(35,36)17-9-6-5-7-10-17/h5-7,9-11,14-15H,8,12-13,16H2,1-4H3,(H,26,27). The van der Waals surface area contributed by atoms with Crippen LogP contribution in [-0.4, -0.2) is 70.6 Å². The molecule has 4 rings (SSSR count). The van der Waals surface area contributed by atoms with E-state index in [1.54, 1.807) is 39.0 Å². The molecule has 0 saturated carbocycles. The van der Waals surface area contributed by atoms with Crippen LogP contribution in [0, 0.1) is 10.1 Å². The molecule has 0 radical (unpaired) electrons. The number of carbonyl (C=O) groups excluding carboxylic acids is 2. The number of benzene rings is 1. The molecule has 1 aliphatic heterocycles. The van der Waals surface area contributed by atoms with Crippen molar-refractivity contribution in [1.29, 1.82) is 0 Å². The number of carbonyl (C=O) groups is 2. The molecule has 13 nitrogen and oxygen atoms in total. The molecular formula is C25H29N5O8S. The van der Waals surface area contributed by atoms with Crippen molar-refractivity contribution in [2.75, 3.05) is 25.5 Å². The maximum Gasteiger partial charge on any atom is 0.410 e. The third-order valence-electron chi connectivity index (χ3n) is 6.24. The summed E-state index contributed by atoms with van der Waals surface area (Å²) < 4.78 is 38.1. The van der Waals surface area contributed by atoms with Crippen molar-refractivity contribution in [2.45, 2.75) is 49.6 Å². The Morgan fingerprint density at radius 3 is 2.49 bits per heavy atom. The number of hydrogen-bond acceptors (Lipinski definition) is 10. The normalized spacial score (nSPS) is 18.0. The van der Waals surface area contributed by atoms with E-state index >= 15 is 0 Å². The summed E-state index contributed by atoms with van der Waals surface area (Å²) in [6, 6.07) is 9.04. The van der Waals surface area contributed by atoms with Crippen LogP contribution >= 0.6 is 0 Å². The van der Waals surface area contributed by atoms with Gasteiger partial charge in [-0.05, 0) is 51.8 Å².